The summed E-state index contributed by atoms with van der Waals surface area (Å²) in [6.07, 6.45) is 1.33. The van der Waals surface area contributed by atoms with E-state index in [9.17, 15) is 14.9 Å². The average Bonchev–Trinajstić information content (AvgIpc) is 3.06. The lowest BCUT2D eigenvalue weighted by Crippen LogP contribution is -2.15. The van der Waals surface area contributed by atoms with Crippen LogP contribution in [0.1, 0.15) is 19.8 Å². The molecule has 0 amide bonds. The fourth-order valence-electron chi connectivity index (χ4n) is 1.35. The lowest BCUT2D eigenvalue weighted by atomic mass is 10.2. The fraction of sp³-hybridized carbons (Fsp3) is 0.417. The molecule has 6 nitrogen and oxygen atoms in total. The SMILES string of the molecule is CC1(COC(=O)Oc2ccc([N+](=O)[O-])cc2)CC1. The van der Waals surface area contributed by atoms with Crippen LogP contribution in [0.15, 0.2) is 24.3 Å². The van der Waals surface area contributed by atoms with Crippen LogP contribution >= 0.6 is 0 Å². The Labute approximate surface area is 104 Å². The number of nitrogens with zero attached hydrogens (tertiary/aromatic N) is 1. The molecule has 1 aliphatic rings. The van der Waals surface area contributed by atoms with Crippen LogP contribution in [0.2, 0.25) is 0 Å². The van der Waals surface area contributed by atoms with Gasteiger partial charge < -0.3 is 9.47 Å². The van der Waals surface area contributed by atoms with Gasteiger partial charge in [-0.15, -0.1) is 0 Å². The van der Waals surface area contributed by atoms with E-state index in [0.29, 0.717) is 6.61 Å². The maximum Gasteiger partial charge on any atom is 0.513 e. The Bertz CT molecular complexity index is 464. The molecule has 18 heavy (non-hydrogen) atoms. The van der Waals surface area contributed by atoms with Crippen LogP contribution in [0.5, 0.6) is 5.75 Å². The summed E-state index contributed by atoms with van der Waals surface area (Å²) < 4.78 is 9.84. The zero-order chi connectivity index (χ0) is 13.2. The normalized spacial score (nSPS) is 15.8. The minimum Gasteiger partial charge on any atom is -0.433 e. The molecule has 1 fully saturated rings. The highest BCUT2D eigenvalue weighted by atomic mass is 16.7. The molecule has 96 valence electrons. The molecule has 0 spiro atoms. The number of hydrogen-bond acceptors (Lipinski definition) is 5. The monoisotopic (exact) mass is 251 g/mol. The zero-order valence-corrected chi connectivity index (χ0v) is 9.92. The first kappa shape index (κ1) is 12.3. The van der Waals surface area contributed by atoms with Crippen molar-refractivity contribution in [1.82, 2.24) is 0 Å². The van der Waals surface area contributed by atoms with Gasteiger partial charge in [0.15, 0.2) is 0 Å². The summed E-state index contributed by atoms with van der Waals surface area (Å²) in [5, 5.41) is 10.4. The highest BCUT2D eigenvalue weighted by Gasteiger charge is 2.38. The number of non-ortho nitro benzene ring substituents is 1. The van der Waals surface area contributed by atoms with E-state index in [2.05, 4.69) is 0 Å². The van der Waals surface area contributed by atoms with Crippen molar-refractivity contribution in [3.63, 3.8) is 0 Å². The lowest BCUT2D eigenvalue weighted by Gasteiger charge is -2.09. The van der Waals surface area contributed by atoms with Crippen molar-refractivity contribution in [3.05, 3.63) is 34.4 Å². The van der Waals surface area contributed by atoms with Crippen molar-refractivity contribution < 1.29 is 19.2 Å². The molecular weight excluding hydrogens is 238 g/mol. The first-order valence-electron chi connectivity index (χ1n) is 5.58. The number of rotatable bonds is 4. The van der Waals surface area contributed by atoms with Gasteiger partial charge in [-0.3, -0.25) is 10.1 Å². The minimum absolute atomic E-state index is 0.0544. The Kier molecular flexibility index (Phi) is 3.18. The number of carbonyl (C=O) groups is 1. The molecule has 0 N–H and O–H groups in total. The summed E-state index contributed by atoms with van der Waals surface area (Å²) in [4.78, 5) is 21.2. The van der Waals surface area contributed by atoms with Gasteiger partial charge in [0.2, 0.25) is 0 Å². The number of ether oxygens (including phenoxy) is 2. The van der Waals surface area contributed by atoms with Crippen LogP contribution in [0.4, 0.5) is 10.5 Å². The fourth-order valence-corrected chi connectivity index (χ4v) is 1.35. The van der Waals surface area contributed by atoms with Gasteiger partial charge in [-0.25, -0.2) is 4.79 Å². The van der Waals surface area contributed by atoms with Gasteiger partial charge in [-0.05, 0) is 25.0 Å². The quantitative estimate of drug-likeness (QED) is 0.356. The third-order valence-electron chi connectivity index (χ3n) is 2.89. The number of nitro groups is 1. The number of benzene rings is 1. The standard InChI is InChI=1S/C12H13NO5/c1-12(6-7-12)8-17-11(14)18-10-4-2-9(3-5-10)13(15)16/h2-5H,6-8H2,1H3. The predicted octanol–water partition coefficient (Wildman–Crippen LogP) is 2.91. The molecule has 0 heterocycles. The average molecular weight is 251 g/mol. The second-order valence-electron chi connectivity index (χ2n) is 4.70. The third-order valence-corrected chi connectivity index (χ3v) is 2.89. The maximum absolute atomic E-state index is 11.3. The molecule has 6 heteroatoms. The predicted molar refractivity (Wildman–Crippen MR) is 62.4 cm³/mol. The van der Waals surface area contributed by atoms with Gasteiger partial charge in [0.1, 0.15) is 12.4 Å². The van der Waals surface area contributed by atoms with E-state index in [4.69, 9.17) is 9.47 Å². The summed E-state index contributed by atoms with van der Waals surface area (Å²) in [6.45, 7) is 2.38. The van der Waals surface area contributed by atoms with Gasteiger partial charge in [-0.2, -0.15) is 0 Å². The van der Waals surface area contributed by atoms with Gasteiger partial charge in [-0.1, -0.05) is 6.92 Å². The molecule has 0 bridgehead atoms. The molecule has 1 aromatic rings. The molecule has 0 radical (unpaired) electrons. The largest absolute Gasteiger partial charge is 0.513 e. The smallest absolute Gasteiger partial charge is 0.433 e. The van der Waals surface area contributed by atoms with Gasteiger partial charge in [0.25, 0.3) is 5.69 Å². The molecule has 1 aromatic carbocycles. The first-order chi connectivity index (χ1) is 8.48. The molecule has 1 aliphatic carbocycles. The third kappa shape index (κ3) is 3.19. The number of hydrogen-bond donors (Lipinski definition) is 0. The van der Waals surface area contributed by atoms with Crippen molar-refractivity contribution in [2.45, 2.75) is 19.8 Å². The van der Waals surface area contributed by atoms with E-state index in [0.717, 1.165) is 12.8 Å². The van der Waals surface area contributed by atoms with Crippen molar-refractivity contribution in [1.29, 1.82) is 0 Å². The van der Waals surface area contributed by atoms with Gasteiger partial charge >= 0.3 is 6.16 Å². The highest BCUT2D eigenvalue weighted by molar-refractivity contribution is 5.64. The molecule has 0 aliphatic heterocycles. The van der Waals surface area contributed by atoms with E-state index < -0.39 is 11.1 Å². The highest BCUT2D eigenvalue weighted by Crippen LogP contribution is 2.44. The molecular formula is C12H13NO5. The number of carbonyl (C=O) groups excluding carboxylic acids is 1. The van der Waals surface area contributed by atoms with Gasteiger partial charge in [0.05, 0.1) is 4.92 Å². The maximum atomic E-state index is 11.3. The second-order valence-corrected chi connectivity index (χ2v) is 4.70. The molecule has 2 rings (SSSR count). The number of nitro benzene ring substituents is 1. The lowest BCUT2D eigenvalue weighted by molar-refractivity contribution is -0.384. The van der Waals surface area contributed by atoms with Crippen molar-refractivity contribution >= 4 is 11.8 Å². The van der Waals surface area contributed by atoms with Crippen molar-refractivity contribution in [2.75, 3.05) is 6.61 Å². The van der Waals surface area contributed by atoms with Crippen LogP contribution in [-0.2, 0) is 4.74 Å². The van der Waals surface area contributed by atoms with E-state index in [1.807, 2.05) is 6.92 Å². The summed E-state index contributed by atoms with van der Waals surface area (Å²) in [7, 11) is 0. The summed E-state index contributed by atoms with van der Waals surface area (Å²) in [5.74, 6) is 0.228. The minimum atomic E-state index is -0.781. The Morgan fingerprint density at radius 1 is 1.39 bits per heavy atom. The van der Waals surface area contributed by atoms with Crippen molar-refractivity contribution in [2.24, 2.45) is 5.41 Å². The zero-order valence-electron chi connectivity index (χ0n) is 9.92. The Morgan fingerprint density at radius 3 is 2.50 bits per heavy atom. The van der Waals surface area contributed by atoms with E-state index >= 15 is 0 Å². The Hall–Kier alpha value is -2.11. The summed E-state index contributed by atoms with van der Waals surface area (Å²) in [5.41, 5.74) is 0.0512. The van der Waals surface area contributed by atoms with E-state index in [1.54, 1.807) is 0 Å². The Morgan fingerprint density at radius 2 is 2.00 bits per heavy atom. The van der Waals surface area contributed by atoms with Crippen molar-refractivity contribution in [3.8, 4) is 5.75 Å². The molecule has 0 unspecified atom stereocenters. The van der Waals surface area contributed by atoms with Crippen LogP contribution < -0.4 is 4.74 Å². The van der Waals surface area contributed by atoms with E-state index in [1.165, 1.54) is 24.3 Å². The second kappa shape index (κ2) is 4.64. The van der Waals surface area contributed by atoms with Gasteiger partial charge in [0, 0.05) is 17.5 Å². The molecule has 0 atom stereocenters. The van der Waals surface area contributed by atoms with Crippen LogP contribution in [0, 0.1) is 15.5 Å². The topological polar surface area (TPSA) is 78.7 Å². The van der Waals surface area contributed by atoms with Crippen LogP contribution in [-0.4, -0.2) is 17.7 Å². The molecule has 0 saturated heterocycles. The summed E-state index contributed by atoms with van der Waals surface area (Å²) >= 11 is 0. The van der Waals surface area contributed by atoms with E-state index in [-0.39, 0.29) is 16.9 Å². The summed E-state index contributed by atoms with van der Waals surface area (Å²) in [6, 6.07) is 5.26. The van der Waals surface area contributed by atoms with Crippen LogP contribution in [0.3, 0.4) is 0 Å². The molecule has 1 saturated carbocycles. The molecule has 0 aromatic heterocycles. The first-order valence-corrected chi connectivity index (χ1v) is 5.58. The Balaban J connectivity index is 1.84. The van der Waals surface area contributed by atoms with Crippen LogP contribution in [0.25, 0.3) is 0 Å².